The highest BCUT2D eigenvalue weighted by atomic mass is 16.4. The van der Waals surface area contributed by atoms with Crippen LogP contribution in [0.5, 0.6) is 0 Å². The molecule has 0 radical (unpaired) electrons. The molecule has 0 unspecified atom stereocenters. The number of allylic oxidation sites excluding steroid dienone is 1. The minimum absolute atomic E-state index is 0.411. The standard InChI is InChI=1S/C4H4O3/c5-3-1-2-4(6)7/h1-3H,(H,6,7)/b2-1-. The Morgan fingerprint density at radius 3 is 2.29 bits per heavy atom. The fourth-order valence-corrected chi connectivity index (χ4v) is 0.122. The summed E-state index contributed by atoms with van der Waals surface area (Å²) in [5.41, 5.74) is 0. The number of carboxylic acids is 1. The number of hydrogen-bond donors (Lipinski definition) is 1. The lowest BCUT2D eigenvalue weighted by molar-refractivity contribution is -0.131. The molecule has 0 aromatic carbocycles. The van der Waals surface area contributed by atoms with Crippen molar-refractivity contribution in [2.24, 2.45) is 0 Å². The van der Waals surface area contributed by atoms with Gasteiger partial charge in [0.15, 0.2) is 0 Å². The van der Waals surface area contributed by atoms with Crippen molar-refractivity contribution in [3.8, 4) is 0 Å². The SMILES string of the molecule is O=C/C=C\C(=O)O. The molecule has 0 saturated heterocycles. The van der Waals surface area contributed by atoms with Gasteiger partial charge in [-0.25, -0.2) is 4.79 Å². The lowest BCUT2D eigenvalue weighted by Crippen LogP contribution is -1.84. The van der Waals surface area contributed by atoms with Gasteiger partial charge in [0.25, 0.3) is 0 Å². The largest absolute Gasteiger partial charge is 0.478 e. The molecular weight excluding hydrogens is 96.0 g/mol. The van der Waals surface area contributed by atoms with Crippen molar-refractivity contribution < 1.29 is 14.7 Å². The Morgan fingerprint density at radius 1 is 1.57 bits per heavy atom. The zero-order valence-corrected chi connectivity index (χ0v) is 3.50. The maximum Gasteiger partial charge on any atom is 0.328 e. The van der Waals surface area contributed by atoms with Gasteiger partial charge < -0.3 is 5.11 Å². The number of rotatable bonds is 2. The lowest BCUT2D eigenvalue weighted by atomic mass is 10.5. The van der Waals surface area contributed by atoms with E-state index < -0.39 is 5.97 Å². The monoisotopic (exact) mass is 100 g/mol. The molecule has 0 heterocycles. The third-order valence-electron chi connectivity index (χ3n) is 0.317. The molecule has 7 heavy (non-hydrogen) atoms. The van der Waals surface area contributed by atoms with Gasteiger partial charge in [0.2, 0.25) is 0 Å². The van der Waals surface area contributed by atoms with Gasteiger partial charge in [0.1, 0.15) is 6.29 Å². The van der Waals surface area contributed by atoms with Gasteiger partial charge >= 0.3 is 5.97 Å². The van der Waals surface area contributed by atoms with E-state index in [1.54, 1.807) is 0 Å². The van der Waals surface area contributed by atoms with Crippen molar-refractivity contribution >= 4 is 12.3 Å². The van der Waals surface area contributed by atoms with Crippen molar-refractivity contribution in [1.82, 2.24) is 0 Å². The lowest BCUT2D eigenvalue weighted by Gasteiger charge is -1.68. The van der Waals surface area contributed by atoms with E-state index in [1.165, 1.54) is 0 Å². The van der Waals surface area contributed by atoms with Gasteiger partial charge in [0.05, 0.1) is 0 Å². The molecule has 0 aliphatic heterocycles. The van der Waals surface area contributed by atoms with Gasteiger partial charge in [-0.3, -0.25) is 4.79 Å². The summed E-state index contributed by atoms with van der Waals surface area (Å²) in [7, 11) is 0. The van der Waals surface area contributed by atoms with Crippen LogP contribution in [-0.4, -0.2) is 17.4 Å². The first kappa shape index (κ1) is 5.88. The van der Waals surface area contributed by atoms with Crippen LogP contribution in [0.3, 0.4) is 0 Å². The molecular formula is C4H4O3. The van der Waals surface area contributed by atoms with Crippen LogP contribution in [0.15, 0.2) is 12.2 Å². The first-order chi connectivity index (χ1) is 3.27. The highest BCUT2D eigenvalue weighted by Crippen LogP contribution is 1.64. The van der Waals surface area contributed by atoms with Crippen LogP contribution in [0.4, 0.5) is 0 Å². The predicted octanol–water partition coefficient (Wildman–Crippen LogP) is -0.174. The molecule has 0 spiro atoms. The van der Waals surface area contributed by atoms with E-state index in [4.69, 9.17) is 5.11 Å². The Balaban J connectivity index is 3.46. The normalized spacial score (nSPS) is 9.14. The average molecular weight is 100 g/mol. The molecule has 0 fully saturated rings. The van der Waals surface area contributed by atoms with E-state index in [9.17, 15) is 9.59 Å². The highest BCUT2D eigenvalue weighted by Gasteiger charge is 1.79. The van der Waals surface area contributed by atoms with Crippen LogP contribution in [-0.2, 0) is 9.59 Å². The number of carboxylic acid groups (broad SMARTS) is 1. The smallest absolute Gasteiger partial charge is 0.328 e. The fraction of sp³-hybridized carbons (Fsp3) is 0. The summed E-state index contributed by atoms with van der Waals surface area (Å²) in [6.45, 7) is 0. The minimum atomic E-state index is -1.10. The molecule has 0 amide bonds. The van der Waals surface area contributed by atoms with Crippen LogP contribution in [0.2, 0.25) is 0 Å². The van der Waals surface area contributed by atoms with Gasteiger partial charge in [-0.05, 0) is 6.08 Å². The number of carbonyl (C=O) groups excluding carboxylic acids is 1. The maximum absolute atomic E-state index is 9.51. The molecule has 3 heteroatoms. The van der Waals surface area contributed by atoms with Crippen LogP contribution in [0.25, 0.3) is 0 Å². The predicted molar refractivity (Wildman–Crippen MR) is 22.8 cm³/mol. The maximum atomic E-state index is 9.51. The van der Waals surface area contributed by atoms with E-state index in [1.807, 2.05) is 0 Å². The summed E-state index contributed by atoms with van der Waals surface area (Å²) < 4.78 is 0. The molecule has 38 valence electrons. The third-order valence-corrected chi connectivity index (χ3v) is 0.317. The highest BCUT2D eigenvalue weighted by molar-refractivity contribution is 5.84. The quantitative estimate of drug-likeness (QED) is 0.387. The van der Waals surface area contributed by atoms with Crippen molar-refractivity contribution in [3.63, 3.8) is 0 Å². The van der Waals surface area contributed by atoms with E-state index in [0.717, 1.165) is 12.2 Å². The van der Waals surface area contributed by atoms with Crippen LogP contribution in [0, 0.1) is 0 Å². The van der Waals surface area contributed by atoms with Gasteiger partial charge in [-0.15, -0.1) is 0 Å². The van der Waals surface area contributed by atoms with E-state index in [2.05, 4.69) is 0 Å². The third kappa shape index (κ3) is 4.88. The minimum Gasteiger partial charge on any atom is -0.478 e. The van der Waals surface area contributed by atoms with E-state index in [0.29, 0.717) is 6.29 Å². The second-order valence-corrected chi connectivity index (χ2v) is 0.833. The van der Waals surface area contributed by atoms with E-state index >= 15 is 0 Å². The molecule has 0 atom stereocenters. The molecule has 3 nitrogen and oxygen atoms in total. The summed E-state index contributed by atoms with van der Waals surface area (Å²) in [6.07, 6.45) is 2.10. The second kappa shape index (κ2) is 3.08. The Bertz CT molecular complexity index is 104. The van der Waals surface area contributed by atoms with Crippen molar-refractivity contribution in [3.05, 3.63) is 12.2 Å². The molecule has 0 saturated carbocycles. The summed E-state index contributed by atoms with van der Waals surface area (Å²) in [4.78, 5) is 18.9. The van der Waals surface area contributed by atoms with Crippen molar-refractivity contribution in [1.29, 1.82) is 0 Å². The summed E-state index contributed by atoms with van der Waals surface area (Å²) in [5, 5.41) is 7.80. The van der Waals surface area contributed by atoms with Gasteiger partial charge in [-0.2, -0.15) is 0 Å². The zero-order chi connectivity index (χ0) is 5.70. The molecule has 0 aromatic rings. The number of aldehydes is 1. The van der Waals surface area contributed by atoms with Gasteiger partial charge in [0, 0.05) is 6.08 Å². The number of carbonyl (C=O) groups is 2. The average Bonchev–Trinajstić information content (AvgIpc) is 1.61. The first-order valence-corrected chi connectivity index (χ1v) is 1.62. The Kier molecular flexibility index (Phi) is 2.59. The molecule has 1 N–H and O–H groups in total. The number of hydrogen-bond acceptors (Lipinski definition) is 2. The number of aliphatic carboxylic acids is 1. The van der Waals surface area contributed by atoms with E-state index in [-0.39, 0.29) is 0 Å². The summed E-state index contributed by atoms with van der Waals surface area (Å²) in [6, 6.07) is 0. The van der Waals surface area contributed by atoms with Crippen LogP contribution >= 0.6 is 0 Å². The molecule has 0 aromatic heterocycles. The Hall–Kier alpha value is -1.12. The molecule has 0 aliphatic rings. The topological polar surface area (TPSA) is 54.4 Å². The van der Waals surface area contributed by atoms with Crippen LogP contribution < -0.4 is 0 Å². The first-order valence-electron chi connectivity index (χ1n) is 1.62. The molecule has 0 rings (SSSR count). The molecule has 0 bridgehead atoms. The molecule has 0 aliphatic carbocycles. The van der Waals surface area contributed by atoms with Gasteiger partial charge in [-0.1, -0.05) is 0 Å². The van der Waals surface area contributed by atoms with Crippen molar-refractivity contribution in [2.75, 3.05) is 0 Å². The Labute approximate surface area is 40.3 Å². The zero-order valence-electron chi connectivity index (χ0n) is 3.50. The van der Waals surface area contributed by atoms with Crippen LogP contribution in [0.1, 0.15) is 0 Å². The summed E-state index contributed by atoms with van der Waals surface area (Å²) >= 11 is 0. The fourth-order valence-electron chi connectivity index (χ4n) is 0.122. The Morgan fingerprint density at radius 2 is 2.14 bits per heavy atom. The summed E-state index contributed by atoms with van der Waals surface area (Å²) in [5.74, 6) is -1.10. The second-order valence-electron chi connectivity index (χ2n) is 0.833. The van der Waals surface area contributed by atoms with Crippen molar-refractivity contribution in [2.45, 2.75) is 0 Å².